The normalized spacial score (nSPS) is 13.8. The van der Waals surface area contributed by atoms with Gasteiger partial charge in [-0.05, 0) is 30.9 Å². The van der Waals surface area contributed by atoms with Crippen molar-refractivity contribution < 1.29 is 27.5 Å². The van der Waals surface area contributed by atoms with Crippen LogP contribution in [0.4, 0.5) is 0 Å². The van der Waals surface area contributed by atoms with Gasteiger partial charge in [0.2, 0.25) is 10.0 Å². The van der Waals surface area contributed by atoms with Gasteiger partial charge in [-0.2, -0.15) is 0 Å². The minimum Gasteiger partial charge on any atom is -0.468 e. The van der Waals surface area contributed by atoms with Crippen LogP contribution in [-0.4, -0.2) is 53.2 Å². The van der Waals surface area contributed by atoms with Crippen molar-refractivity contribution >= 4 is 22.0 Å². The number of carbonyl (C=O) groups excluding carboxylic acids is 2. The average Bonchev–Trinajstić information content (AvgIpc) is 2.65. The fourth-order valence-corrected chi connectivity index (χ4v) is 3.59. The molecule has 2 N–H and O–H groups in total. The molecular formula is C18H28N2O6S. The third-order valence-electron chi connectivity index (χ3n) is 3.86. The fraction of sp³-hybridized carbons (Fsp3) is 0.556. The van der Waals surface area contributed by atoms with Crippen LogP contribution in [0.5, 0.6) is 0 Å². The molecule has 0 saturated heterocycles. The summed E-state index contributed by atoms with van der Waals surface area (Å²) in [5, 5.41) is 2.93. The third kappa shape index (κ3) is 7.66. The van der Waals surface area contributed by atoms with Gasteiger partial charge in [0.05, 0.1) is 19.1 Å². The Morgan fingerprint density at radius 2 is 1.56 bits per heavy atom. The number of esters is 2. The first-order valence-electron chi connectivity index (χ1n) is 8.67. The Labute approximate surface area is 160 Å². The number of nitrogens with one attached hydrogen (secondary N) is 2. The van der Waals surface area contributed by atoms with Gasteiger partial charge in [0.1, 0.15) is 12.1 Å². The third-order valence-corrected chi connectivity index (χ3v) is 5.34. The van der Waals surface area contributed by atoms with E-state index in [1.54, 1.807) is 18.2 Å². The highest BCUT2D eigenvalue weighted by Crippen LogP contribution is 2.10. The van der Waals surface area contributed by atoms with Crippen LogP contribution >= 0.6 is 0 Å². The van der Waals surface area contributed by atoms with Gasteiger partial charge in [-0.15, -0.1) is 0 Å². The Hall–Kier alpha value is -1.97. The molecule has 0 aliphatic heterocycles. The van der Waals surface area contributed by atoms with E-state index in [9.17, 15) is 18.0 Å². The predicted molar refractivity (Wildman–Crippen MR) is 100 cm³/mol. The van der Waals surface area contributed by atoms with E-state index >= 15 is 0 Å². The molecule has 0 aliphatic carbocycles. The van der Waals surface area contributed by atoms with Crippen LogP contribution < -0.4 is 10.0 Å². The molecular weight excluding hydrogens is 372 g/mol. The molecule has 2 atom stereocenters. The van der Waals surface area contributed by atoms with Gasteiger partial charge in [0.15, 0.2) is 0 Å². The van der Waals surface area contributed by atoms with Gasteiger partial charge in [-0.1, -0.05) is 32.0 Å². The smallest absolute Gasteiger partial charge is 0.322 e. The van der Waals surface area contributed by atoms with E-state index in [1.165, 1.54) is 26.4 Å². The number of methoxy groups -OCH3 is 2. The van der Waals surface area contributed by atoms with E-state index in [0.29, 0.717) is 6.42 Å². The van der Waals surface area contributed by atoms with Gasteiger partial charge in [-0.25, -0.2) is 13.1 Å². The highest BCUT2D eigenvalue weighted by molar-refractivity contribution is 7.89. The van der Waals surface area contributed by atoms with Crippen molar-refractivity contribution in [1.29, 1.82) is 0 Å². The minimum absolute atomic E-state index is 0.000431. The lowest BCUT2D eigenvalue weighted by Crippen LogP contribution is -2.49. The van der Waals surface area contributed by atoms with Crippen molar-refractivity contribution in [2.75, 3.05) is 20.8 Å². The van der Waals surface area contributed by atoms with E-state index in [2.05, 4.69) is 10.0 Å². The molecule has 0 aromatic heterocycles. The lowest BCUT2D eigenvalue weighted by atomic mass is 10.0. The molecule has 0 heterocycles. The van der Waals surface area contributed by atoms with Crippen LogP contribution in [0.1, 0.15) is 26.7 Å². The first kappa shape index (κ1) is 23.1. The Morgan fingerprint density at radius 1 is 1.00 bits per heavy atom. The number of benzene rings is 1. The van der Waals surface area contributed by atoms with Crippen LogP contribution in [0.3, 0.4) is 0 Å². The number of sulfonamides is 1. The Balaban J connectivity index is 2.77. The van der Waals surface area contributed by atoms with Crippen molar-refractivity contribution in [3.8, 4) is 0 Å². The number of carbonyl (C=O) groups is 2. The van der Waals surface area contributed by atoms with Gasteiger partial charge in [0.25, 0.3) is 0 Å². The van der Waals surface area contributed by atoms with Crippen molar-refractivity contribution in [1.82, 2.24) is 10.0 Å². The van der Waals surface area contributed by atoms with Crippen molar-refractivity contribution in [3.05, 3.63) is 30.3 Å². The zero-order valence-electron chi connectivity index (χ0n) is 16.1. The lowest BCUT2D eigenvalue weighted by molar-refractivity contribution is -0.146. The molecule has 27 heavy (non-hydrogen) atoms. The molecule has 0 spiro atoms. The van der Waals surface area contributed by atoms with Crippen LogP contribution in [0.25, 0.3) is 0 Å². The number of hydrogen-bond acceptors (Lipinski definition) is 7. The molecule has 8 nitrogen and oxygen atoms in total. The maximum atomic E-state index is 12.3. The van der Waals surface area contributed by atoms with E-state index in [-0.39, 0.29) is 23.8 Å². The Morgan fingerprint density at radius 3 is 2.07 bits per heavy atom. The summed E-state index contributed by atoms with van der Waals surface area (Å²) in [6.45, 7) is 3.89. The zero-order chi connectivity index (χ0) is 20.4. The second-order valence-corrected chi connectivity index (χ2v) is 8.21. The molecule has 0 aliphatic rings. The summed E-state index contributed by atoms with van der Waals surface area (Å²) in [6, 6.07) is 6.39. The van der Waals surface area contributed by atoms with Gasteiger partial charge >= 0.3 is 11.9 Å². The van der Waals surface area contributed by atoms with E-state index < -0.39 is 34.0 Å². The Bertz CT molecular complexity index is 706. The fourth-order valence-electron chi connectivity index (χ4n) is 2.52. The second kappa shape index (κ2) is 11.0. The first-order chi connectivity index (χ1) is 12.7. The Kier molecular flexibility index (Phi) is 9.40. The molecule has 0 bridgehead atoms. The molecule has 0 saturated carbocycles. The zero-order valence-corrected chi connectivity index (χ0v) is 16.9. The second-order valence-electron chi connectivity index (χ2n) is 6.45. The van der Waals surface area contributed by atoms with E-state index in [4.69, 9.17) is 9.47 Å². The topological polar surface area (TPSA) is 111 Å². The van der Waals surface area contributed by atoms with Crippen molar-refractivity contribution in [3.63, 3.8) is 0 Å². The maximum absolute atomic E-state index is 12.3. The highest BCUT2D eigenvalue weighted by atomic mass is 32.2. The molecule has 152 valence electrons. The average molecular weight is 400 g/mol. The molecule has 1 rings (SSSR count). The quantitative estimate of drug-likeness (QED) is 0.535. The molecule has 0 fully saturated rings. The molecule has 0 unspecified atom stereocenters. The first-order valence-corrected chi connectivity index (χ1v) is 10.2. The van der Waals surface area contributed by atoms with Gasteiger partial charge in [-0.3, -0.25) is 14.9 Å². The minimum atomic E-state index is -3.68. The predicted octanol–water partition coefficient (Wildman–Crippen LogP) is 1.07. The molecule has 1 aromatic rings. The van der Waals surface area contributed by atoms with Gasteiger partial charge < -0.3 is 9.47 Å². The molecule has 1 aromatic carbocycles. The number of rotatable bonds is 11. The summed E-state index contributed by atoms with van der Waals surface area (Å²) in [5.41, 5.74) is 0. The monoisotopic (exact) mass is 400 g/mol. The molecule has 9 heteroatoms. The highest BCUT2D eigenvalue weighted by Gasteiger charge is 2.28. The maximum Gasteiger partial charge on any atom is 0.322 e. The van der Waals surface area contributed by atoms with Crippen molar-refractivity contribution in [2.45, 2.75) is 43.7 Å². The molecule has 0 radical (unpaired) electrons. The standard InChI is InChI=1S/C18H28N2O6S/c1-13(2)12-16(18(22)26-4)20-15(17(21)25-3)10-11-19-27(23,24)14-8-6-5-7-9-14/h5-9,13,15-16,19-20H,10-12H2,1-4H3/t15-,16-/m0/s1. The summed E-state index contributed by atoms with van der Waals surface area (Å²) in [6.07, 6.45) is 0.584. The molecule has 0 amide bonds. The summed E-state index contributed by atoms with van der Waals surface area (Å²) in [7, 11) is -1.17. The lowest BCUT2D eigenvalue weighted by Gasteiger charge is -2.24. The number of hydrogen-bond donors (Lipinski definition) is 2. The van der Waals surface area contributed by atoms with E-state index in [1.807, 2.05) is 13.8 Å². The van der Waals surface area contributed by atoms with Crippen LogP contribution in [0, 0.1) is 5.92 Å². The van der Waals surface area contributed by atoms with Crippen LogP contribution in [0.2, 0.25) is 0 Å². The van der Waals surface area contributed by atoms with E-state index in [0.717, 1.165) is 0 Å². The summed E-state index contributed by atoms with van der Waals surface area (Å²) in [4.78, 5) is 24.2. The summed E-state index contributed by atoms with van der Waals surface area (Å²) < 4.78 is 36.5. The van der Waals surface area contributed by atoms with Crippen LogP contribution in [-0.2, 0) is 29.1 Å². The summed E-state index contributed by atoms with van der Waals surface area (Å²) >= 11 is 0. The SMILES string of the molecule is COC(=O)[C@H](CCNS(=O)(=O)c1ccccc1)N[C@@H](CC(C)C)C(=O)OC. The van der Waals surface area contributed by atoms with Crippen molar-refractivity contribution in [2.24, 2.45) is 5.92 Å². The number of ether oxygens (including phenoxy) is 2. The summed E-state index contributed by atoms with van der Waals surface area (Å²) in [5.74, 6) is -0.870. The van der Waals surface area contributed by atoms with Gasteiger partial charge in [0, 0.05) is 6.54 Å². The largest absolute Gasteiger partial charge is 0.468 e. The van der Waals surface area contributed by atoms with Crippen LogP contribution in [0.15, 0.2) is 35.2 Å².